The summed E-state index contributed by atoms with van der Waals surface area (Å²) in [6.07, 6.45) is 0. The van der Waals surface area contributed by atoms with Crippen molar-refractivity contribution in [3.05, 3.63) is 35.4 Å². The fraction of sp³-hybridized carbons (Fsp3) is 0.625. The summed E-state index contributed by atoms with van der Waals surface area (Å²) in [5.41, 5.74) is -0.0999. The smallest absolute Gasteiger partial charge is 0.130 e. The zero-order valence-corrected chi connectivity index (χ0v) is 12.7. The maximum absolute atomic E-state index is 14.1. The van der Waals surface area contributed by atoms with Crippen LogP contribution < -0.4 is 5.32 Å². The summed E-state index contributed by atoms with van der Waals surface area (Å²) >= 11 is 0. The van der Waals surface area contributed by atoms with E-state index in [0.29, 0.717) is 25.3 Å². The molecule has 1 fully saturated rings. The van der Waals surface area contributed by atoms with E-state index >= 15 is 0 Å². The minimum atomic E-state index is -0.580. The van der Waals surface area contributed by atoms with Gasteiger partial charge in [0.05, 0.1) is 25.2 Å². The number of nitrogens with one attached hydrogen (secondary N) is 1. The predicted octanol–water partition coefficient (Wildman–Crippen LogP) is 2.65. The van der Waals surface area contributed by atoms with Gasteiger partial charge >= 0.3 is 0 Å². The second-order valence-electron chi connectivity index (χ2n) is 7.00. The fourth-order valence-corrected chi connectivity index (χ4v) is 2.58. The number of hydrogen-bond donors (Lipinski definition) is 2. The van der Waals surface area contributed by atoms with Crippen LogP contribution in [0.25, 0.3) is 0 Å². The van der Waals surface area contributed by atoms with Gasteiger partial charge in [0.1, 0.15) is 11.6 Å². The van der Waals surface area contributed by atoms with Gasteiger partial charge in [0.15, 0.2) is 0 Å². The van der Waals surface area contributed by atoms with Gasteiger partial charge in [0, 0.05) is 24.2 Å². The van der Waals surface area contributed by atoms with Crippen molar-refractivity contribution in [1.82, 2.24) is 5.32 Å². The van der Waals surface area contributed by atoms with Gasteiger partial charge in [-0.3, -0.25) is 0 Å². The van der Waals surface area contributed by atoms with E-state index in [1.165, 1.54) is 12.1 Å². The summed E-state index contributed by atoms with van der Waals surface area (Å²) in [6, 6.07) is 3.38. The molecule has 1 heterocycles. The van der Waals surface area contributed by atoms with Crippen LogP contribution in [-0.4, -0.2) is 31.5 Å². The van der Waals surface area contributed by atoms with Crippen LogP contribution >= 0.6 is 0 Å². The van der Waals surface area contributed by atoms with Gasteiger partial charge in [-0.2, -0.15) is 0 Å². The molecule has 1 aromatic carbocycles. The molecule has 0 bridgehead atoms. The normalized spacial score (nSPS) is 19.1. The molecule has 0 saturated carbocycles. The van der Waals surface area contributed by atoms with Crippen LogP contribution in [0.1, 0.15) is 32.4 Å². The van der Waals surface area contributed by atoms with E-state index < -0.39 is 11.6 Å². The lowest BCUT2D eigenvalue weighted by Crippen LogP contribution is -2.53. The molecule has 21 heavy (non-hydrogen) atoms. The van der Waals surface area contributed by atoms with Crippen molar-refractivity contribution in [2.45, 2.75) is 26.8 Å². The average molecular weight is 299 g/mol. The standard InChI is InChI=1S/C16H23F2NO2/c1-15(2,3)14(12-5-4-11(17)6-13(12)18)19-7-16(8-20)9-21-10-16/h4-6,14,19-20H,7-10H2,1-3H3. The third-order valence-electron chi connectivity index (χ3n) is 3.97. The SMILES string of the molecule is CC(C)(C)C(NCC1(CO)COC1)c1ccc(F)cc1F. The van der Waals surface area contributed by atoms with Gasteiger partial charge in [-0.05, 0) is 11.5 Å². The molecule has 118 valence electrons. The van der Waals surface area contributed by atoms with Crippen molar-refractivity contribution in [3.8, 4) is 0 Å². The minimum absolute atomic E-state index is 0.0305. The Morgan fingerprint density at radius 1 is 1.33 bits per heavy atom. The lowest BCUT2D eigenvalue weighted by molar-refractivity contribution is -0.136. The number of hydrogen-bond acceptors (Lipinski definition) is 3. The van der Waals surface area contributed by atoms with Crippen LogP contribution in [0.2, 0.25) is 0 Å². The van der Waals surface area contributed by atoms with Crippen LogP contribution in [0.5, 0.6) is 0 Å². The molecule has 0 aliphatic carbocycles. The lowest BCUT2D eigenvalue weighted by atomic mass is 9.80. The zero-order valence-electron chi connectivity index (χ0n) is 12.7. The third kappa shape index (κ3) is 3.59. The maximum atomic E-state index is 14.1. The Bertz CT molecular complexity index is 490. The van der Waals surface area contributed by atoms with Gasteiger partial charge in [-0.1, -0.05) is 26.8 Å². The molecule has 1 atom stereocenters. The number of ether oxygens (including phenoxy) is 1. The number of aliphatic hydroxyl groups is 1. The molecule has 0 spiro atoms. The molecule has 5 heteroatoms. The molecule has 1 aromatic rings. The summed E-state index contributed by atoms with van der Waals surface area (Å²) in [4.78, 5) is 0. The van der Waals surface area contributed by atoms with Gasteiger partial charge in [0.2, 0.25) is 0 Å². The summed E-state index contributed by atoms with van der Waals surface area (Å²) < 4.78 is 32.3. The Labute approximate surface area is 124 Å². The number of rotatable bonds is 5. The van der Waals surface area contributed by atoms with E-state index in [9.17, 15) is 13.9 Å². The molecule has 1 saturated heterocycles. The molecule has 3 nitrogen and oxygen atoms in total. The Kier molecular flexibility index (Phi) is 4.66. The Morgan fingerprint density at radius 3 is 2.43 bits per heavy atom. The summed E-state index contributed by atoms with van der Waals surface area (Å²) in [7, 11) is 0. The van der Waals surface area contributed by atoms with Gasteiger partial charge < -0.3 is 15.2 Å². The molecule has 1 aliphatic heterocycles. The molecule has 1 aliphatic rings. The second-order valence-corrected chi connectivity index (χ2v) is 7.00. The summed E-state index contributed by atoms with van der Waals surface area (Å²) in [5, 5.41) is 12.8. The first-order valence-electron chi connectivity index (χ1n) is 7.14. The quantitative estimate of drug-likeness (QED) is 0.878. The van der Waals surface area contributed by atoms with E-state index in [0.717, 1.165) is 6.07 Å². The van der Waals surface area contributed by atoms with Crippen LogP contribution in [0.15, 0.2) is 18.2 Å². The molecule has 0 amide bonds. The monoisotopic (exact) mass is 299 g/mol. The Morgan fingerprint density at radius 2 is 2.00 bits per heavy atom. The lowest BCUT2D eigenvalue weighted by Gasteiger charge is -2.42. The van der Waals surface area contributed by atoms with Crippen LogP contribution in [0.3, 0.4) is 0 Å². The Balaban J connectivity index is 2.19. The van der Waals surface area contributed by atoms with Crippen LogP contribution in [0, 0.1) is 22.5 Å². The molecule has 2 N–H and O–H groups in total. The van der Waals surface area contributed by atoms with Gasteiger partial charge in [-0.15, -0.1) is 0 Å². The second kappa shape index (κ2) is 5.99. The first-order valence-corrected chi connectivity index (χ1v) is 7.14. The van der Waals surface area contributed by atoms with Crippen LogP contribution in [0.4, 0.5) is 8.78 Å². The van der Waals surface area contributed by atoms with E-state index in [2.05, 4.69) is 5.32 Å². The highest BCUT2D eigenvalue weighted by atomic mass is 19.1. The van der Waals surface area contributed by atoms with Crippen LogP contribution in [-0.2, 0) is 4.74 Å². The highest BCUT2D eigenvalue weighted by molar-refractivity contribution is 5.24. The molecular formula is C16H23F2NO2. The maximum Gasteiger partial charge on any atom is 0.130 e. The molecule has 2 rings (SSSR count). The highest BCUT2D eigenvalue weighted by Crippen LogP contribution is 2.36. The fourth-order valence-electron chi connectivity index (χ4n) is 2.58. The molecule has 0 aromatic heterocycles. The third-order valence-corrected chi connectivity index (χ3v) is 3.97. The predicted molar refractivity (Wildman–Crippen MR) is 76.9 cm³/mol. The molecule has 0 radical (unpaired) electrons. The van der Waals surface area contributed by atoms with E-state index in [1.807, 2.05) is 20.8 Å². The van der Waals surface area contributed by atoms with Crippen molar-refractivity contribution in [3.63, 3.8) is 0 Å². The number of benzene rings is 1. The van der Waals surface area contributed by atoms with Gasteiger partial charge in [-0.25, -0.2) is 8.78 Å². The largest absolute Gasteiger partial charge is 0.396 e. The number of aliphatic hydroxyl groups excluding tert-OH is 1. The van der Waals surface area contributed by atoms with E-state index in [-0.39, 0.29) is 23.5 Å². The zero-order chi connectivity index (χ0) is 15.7. The van der Waals surface area contributed by atoms with Crippen molar-refractivity contribution >= 4 is 0 Å². The van der Waals surface area contributed by atoms with Crippen molar-refractivity contribution in [1.29, 1.82) is 0 Å². The topological polar surface area (TPSA) is 41.5 Å². The van der Waals surface area contributed by atoms with Crippen molar-refractivity contribution in [2.75, 3.05) is 26.4 Å². The first kappa shape index (κ1) is 16.3. The summed E-state index contributed by atoms with van der Waals surface area (Å²) in [5.74, 6) is -1.13. The molecule has 1 unspecified atom stereocenters. The Hall–Kier alpha value is -1.04. The van der Waals surface area contributed by atoms with Crippen molar-refractivity contribution < 1.29 is 18.6 Å². The molecular weight excluding hydrogens is 276 g/mol. The highest BCUT2D eigenvalue weighted by Gasteiger charge is 2.39. The average Bonchev–Trinajstić information content (AvgIpc) is 2.33. The van der Waals surface area contributed by atoms with Gasteiger partial charge in [0.25, 0.3) is 0 Å². The van der Waals surface area contributed by atoms with E-state index in [4.69, 9.17) is 4.74 Å². The summed E-state index contributed by atoms with van der Waals surface area (Å²) in [6.45, 7) is 7.55. The van der Waals surface area contributed by atoms with Crippen molar-refractivity contribution in [2.24, 2.45) is 10.8 Å². The number of halogens is 2. The first-order chi connectivity index (χ1) is 9.77. The minimum Gasteiger partial charge on any atom is -0.396 e. The van der Waals surface area contributed by atoms with E-state index in [1.54, 1.807) is 0 Å².